The highest BCUT2D eigenvalue weighted by Gasteiger charge is 2.42. The maximum Gasteiger partial charge on any atom is 0.294 e. The summed E-state index contributed by atoms with van der Waals surface area (Å²) in [5.41, 5.74) is -0.313. The number of carbonyl (C=O) groups excluding carboxylic acids is 5. The van der Waals surface area contributed by atoms with Crippen LogP contribution in [-0.4, -0.2) is 47.0 Å². The maximum atomic E-state index is 13.5. The lowest BCUT2D eigenvalue weighted by Crippen LogP contribution is -2.62. The van der Waals surface area contributed by atoms with Gasteiger partial charge in [0.2, 0.25) is 11.8 Å². The van der Waals surface area contributed by atoms with Gasteiger partial charge < -0.3 is 21.3 Å². The van der Waals surface area contributed by atoms with E-state index in [9.17, 15) is 24.0 Å². The fraction of sp³-hybridized carbons (Fsp3) is 0.567. The van der Waals surface area contributed by atoms with Crippen molar-refractivity contribution in [2.24, 2.45) is 0 Å². The molecular formula is C30H44N4O5. The van der Waals surface area contributed by atoms with Crippen molar-refractivity contribution in [3.05, 3.63) is 47.2 Å². The predicted molar refractivity (Wildman–Crippen MR) is 151 cm³/mol. The van der Waals surface area contributed by atoms with E-state index in [1.165, 1.54) is 6.92 Å². The summed E-state index contributed by atoms with van der Waals surface area (Å²) in [6, 6.07) is 7.56. The fourth-order valence-electron chi connectivity index (χ4n) is 4.83. The molecule has 0 aromatic heterocycles. The summed E-state index contributed by atoms with van der Waals surface area (Å²) < 4.78 is 0. The zero-order chi connectivity index (χ0) is 29.0. The molecule has 0 bridgehead atoms. The Hall–Kier alpha value is -3.49. The first-order chi connectivity index (χ1) is 18.5. The number of hydrogen-bond acceptors (Lipinski definition) is 5. The second kappa shape index (κ2) is 15.2. The molecule has 1 aliphatic carbocycles. The number of allylic oxidation sites excluding steroid dienone is 1. The van der Waals surface area contributed by atoms with Gasteiger partial charge in [-0.2, -0.15) is 0 Å². The zero-order valence-electron chi connectivity index (χ0n) is 23.9. The minimum atomic E-state index is -1.14. The molecule has 1 aliphatic rings. The summed E-state index contributed by atoms with van der Waals surface area (Å²) in [6.45, 7) is 8.80. The smallest absolute Gasteiger partial charge is 0.294 e. The molecule has 1 unspecified atom stereocenters. The van der Waals surface area contributed by atoms with E-state index in [0.717, 1.165) is 44.9 Å². The van der Waals surface area contributed by atoms with Crippen LogP contribution in [0.2, 0.25) is 0 Å². The molecule has 9 heteroatoms. The summed E-state index contributed by atoms with van der Waals surface area (Å²) in [4.78, 5) is 65.0. The van der Waals surface area contributed by atoms with Crippen molar-refractivity contribution in [2.75, 3.05) is 0 Å². The molecule has 4 amide bonds. The van der Waals surface area contributed by atoms with Crippen LogP contribution < -0.4 is 21.3 Å². The van der Waals surface area contributed by atoms with Crippen LogP contribution in [0.3, 0.4) is 0 Å². The van der Waals surface area contributed by atoms with Crippen molar-refractivity contribution in [1.29, 1.82) is 0 Å². The van der Waals surface area contributed by atoms with Crippen LogP contribution in [0.1, 0.15) is 103 Å². The number of nitrogens with one attached hydrogen (secondary N) is 4. The van der Waals surface area contributed by atoms with Crippen molar-refractivity contribution >= 4 is 29.4 Å². The Balaban J connectivity index is 2.10. The van der Waals surface area contributed by atoms with Crippen LogP contribution in [0.5, 0.6) is 0 Å². The molecule has 0 heterocycles. The van der Waals surface area contributed by atoms with Crippen molar-refractivity contribution < 1.29 is 24.0 Å². The highest BCUT2D eigenvalue weighted by atomic mass is 16.2. The zero-order valence-corrected chi connectivity index (χ0v) is 23.9. The number of ketones is 1. The third kappa shape index (κ3) is 9.04. The molecule has 9 nitrogen and oxygen atoms in total. The van der Waals surface area contributed by atoms with E-state index in [0.29, 0.717) is 24.0 Å². The molecule has 39 heavy (non-hydrogen) atoms. The Kier molecular flexibility index (Phi) is 12.4. The normalized spacial score (nSPS) is 15.0. The van der Waals surface area contributed by atoms with Gasteiger partial charge in [0.1, 0.15) is 11.6 Å². The van der Waals surface area contributed by atoms with Gasteiger partial charge in [0.05, 0.1) is 5.70 Å². The van der Waals surface area contributed by atoms with E-state index in [1.807, 2.05) is 19.9 Å². The molecule has 0 spiro atoms. The van der Waals surface area contributed by atoms with E-state index in [1.54, 1.807) is 38.1 Å². The average Bonchev–Trinajstić information content (AvgIpc) is 2.92. The Labute approximate surface area is 232 Å². The summed E-state index contributed by atoms with van der Waals surface area (Å²) >= 11 is 0. The third-order valence-corrected chi connectivity index (χ3v) is 7.06. The van der Waals surface area contributed by atoms with Gasteiger partial charge >= 0.3 is 0 Å². The van der Waals surface area contributed by atoms with Gasteiger partial charge in [-0.05, 0) is 64.2 Å². The van der Waals surface area contributed by atoms with Crippen LogP contribution in [-0.2, 0) is 19.2 Å². The van der Waals surface area contributed by atoms with E-state index >= 15 is 0 Å². The van der Waals surface area contributed by atoms with Crippen molar-refractivity contribution in [1.82, 2.24) is 21.3 Å². The Morgan fingerprint density at radius 1 is 0.872 bits per heavy atom. The van der Waals surface area contributed by atoms with E-state index in [-0.39, 0.29) is 17.6 Å². The number of Topliss-reactive ketones (excluding diaryl/α,β-unsaturated/α-hetero) is 1. The third-order valence-electron chi connectivity index (χ3n) is 7.06. The van der Waals surface area contributed by atoms with Crippen molar-refractivity contribution in [3.8, 4) is 0 Å². The average molecular weight is 541 g/mol. The Morgan fingerprint density at radius 2 is 1.46 bits per heavy atom. The molecule has 0 radical (unpaired) electrons. The summed E-state index contributed by atoms with van der Waals surface area (Å²) in [6.07, 6.45) is 6.67. The highest BCUT2D eigenvalue weighted by molar-refractivity contribution is 6.43. The quantitative estimate of drug-likeness (QED) is 0.224. The second-order valence-electron chi connectivity index (χ2n) is 10.6. The summed E-state index contributed by atoms with van der Waals surface area (Å²) in [7, 11) is 0. The Bertz CT molecular complexity index is 1050. The SMILES string of the molecule is CCCC(CCC)NC(=O)C(=O)C(NC(=O)C(C)NC(=O)C1(NC(=O)c2ccccc2)CCCCC1)=C(C)C. The lowest BCUT2D eigenvalue weighted by molar-refractivity contribution is -0.137. The van der Waals surface area contributed by atoms with Crippen molar-refractivity contribution in [3.63, 3.8) is 0 Å². The lowest BCUT2D eigenvalue weighted by atomic mass is 9.80. The van der Waals surface area contributed by atoms with Gasteiger partial charge in [0.25, 0.3) is 17.6 Å². The molecule has 214 valence electrons. The largest absolute Gasteiger partial charge is 0.346 e. The number of carbonyl (C=O) groups is 5. The van der Waals surface area contributed by atoms with Crippen molar-refractivity contribution in [2.45, 2.75) is 110 Å². The summed E-state index contributed by atoms with van der Waals surface area (Å²) in [5, 5.41) is 11.0. The van der Waals surface area contributed by atoms with Gasteiger partial charge in [0.15, 0.2) is 0 Å². The minimum Gasteiger partial charge on any atom is -0.346 e. The van der Waals surface area contributed by atoms with E-state index in [2.05, 4.69) is 21.3 Å². The standard InChI is InChI=1S/C30H44N4O5/c1-6-14-23(15-7-2)32-28(38)25(35)24(20(3)4)33-26(36)21(5)31-29(39)30(18-12-9-13-19-30)34-27(37)22-16-10-8-11-17-22/h8,10-11,16-17,21,23H,6-7,9,12-15,18-19H2,1-5H3,(H,31,39)(H,32,38)(H,33,36)(H,34,37). The number of hydrogen-bond donors (Lipinski definition) is 4. The van der Waals surface area contributed by atoms with E-state index in [4.69, 9.17) is 0 Å². The van der Waals surface area contributed by atoms with Gasteiger partial charge in [-0.15, -0.1) is 0 Å². The molecule has 4 N–H and O–H groups in total. The van der Waals surface area contributed by atoms with Crippen LogP contribution in [0, 0.1) is 0 Å². The van der Waals surface area contributed by atoms with Gasteiger partial charge in [-0.25, -0.2) is 0 Å². The van der Waals surface area contributed by atoms with Crippen LogP contribution in [0.15, 0.2) is 41.6 Å². The Morgan fingerprint density at radius 3 is 2.00 bits per heavy atom. The minimum absolute atomic E-state index is 0.102. The molecule has 1 aromatic carbocycles. The predicted octanol–water partition coefficient (Wildman–Crippen LogP) is 3.69. The van der Waals surface area contributed by atoms with Crippen LogP contribution >= 0.6 is 0 Å². The number of amides is 4. The lowest BCUT2D eigenvalue weighted by Gasteiger charge is -2.37. The van der Waals surface area contributed by atoms with Gasteiger partial charge in [0, 0.05) is 11.6 Å². The van der Waals surface area contributed by atoms with Gasteiger partial charge in [-0.1, -0.05) is 64.2 Å². The van der Waals surface area contributed by atoms with Crippen LogP contribution in [0.4, 0.5) is 0 Å². The second-order valence-corrected chi connectivity index (χ2v) is 10.6. The maximum absolute atomic E-state index is 13.5. The molecule has 2 rings (SSSR count). The first kappa shape index (κ1) is 31.7. The molecule has 1 fully saturated rings. The molecular weight excluding hydrogens is 496 g/mol. The summed E-state index contributed by atoms with van der Waals surface area (Å²) in [5.74, 6) is -3.01. The molecule has 1 atom stereocenters. The molecule has 0 saturated heterocycles. The van der Waals surface area contributed by atoms with E-state index < -0.39 is 35.1 Å². The fourth-order valence-corrected chi connectivity index (χ4v) is 4.83. The first-order valence-corrected chi connectivity index (χ1v) is 14.1. The highest BCUT2D eigenvalue weighted by Crippen LogP contribution is 2.29. The van der Waals surface area contributed by atoms with Gasteiger partial charge in [-0.3, -0.25) is 24.0 Å². The topological polar surface area (TPSA) is 133 Å². The monoisotopic (exact) mass is 540 g/mol. The molecule has 1 aromatic rings. The molecule has 0 aliphatic heterocycles. The number of benzene rings is 1. The van der Waals surface area contributed by atoms with Crippen LogP contribution in [0.25, 0.3) is 0 Å². The first-order valence-electron chi connectivity index (χ1n) is 14.1. The molecule has 1 saturated carbocycles. The number of rotatable bonds is 13.